The number of halogens is 7. The maximum absolute atomic E-state index is 12.7. The lowest BCUT2D eigenvalue weighted by Gasteiger charge is -2.27. The van der Waals surface area contributed by atoms with Crippen LogP contribution in [-0.4, -0.2) is 44.1 Å². The zero-order valence-electron chi connectivity index (χ0n) is 17.1. The van der Waals surface area contributed by atoms with Crippen LogP contribution in [0.3, 0.4) is 0 Å². The van der Waals surface area contributed by atoms with E-state index in [-0.39, 0.29) is 36.3 Å². The molecule has 0 saturated carbocycles. The highest BCUT2D eigenvalue weighted by Gasteiger charge is 2.31. The molecule has 0 aliphatic carbocycles. The van der Waals surface area contributed by atoms with Gasteiger partial charge in [-0.15, -0.1) is 12.4 Å². The number of carbonyl (C=O) groups excluding carboxylic acids is 1. The number of amides is 1. The fourth-order valence-electron chi connectivity index (χ4n) is 3.19. The van der Waals surface area contributed by atoms with Crippen molar-refractivity contribution in [3.8, 4) is 11.5 Å². The van der Waals surface area contributed by atoms with Crippen LogP contribution in [-0.2, 0) is 6.42 Å². The number of benzene rings is 2. The highest BCUT2D eigenvalue weighted by Crippen LogP contribution is 2.28. The Morgan fingerprint density at radius 1 is 1.00 bits per heavy atom. The van der Waals surface area contributed by atoms with Crippen molar-refractivity contribution in [1.82, 2.24) is 5.32 Å². The first-order valence-corrected chi connectivity index (χ1v) is 9.66. The average Bonchev–Trinajstić information content (AvgIpc) is 2.73. The lowest BCUT2D eigenvalue weighted by molar-refractivity contribution is -0.154. The molecule has 2 aromatic rings. The predicted molar refractivity (Wildman–Crippen MR) is 111 cm³/mol. The molecule has 0 radical (unpaired) electrons. The topological polar surface area (TPSA) is 59.6 Å². The molecule has 1 atom stereocenters. The number of hydrogen-bond donors (Lipinski definition) is 2. The molecule has 0 spiro atoms. The molecule has 1 heterocycles. The van der Waals surface area contributed by atoms with Gasteiger partial charge < -0.3 is 20.1 Å². The summed E-state index contributed by atoms with van der Waals surface area (Å²) in [6.07, 6.45) is -7.77. The molecule has 0 saturated heterocycles. The number of nitrogens with one attached hydrogen (secondary N) is 2. The molecule has 2 N–H and O–H groups in total. The van der Waals surface area contributed by atoms with E-state index >= 15 is 0 Å². The predicted octanol–water partition coefficient (Wildman–Crippen LogP) is 5.15. The maximum Gasteiger partial charge on any atom is 0.422 e. The summed E-state index contributed by atoms with van der Waals surface area (Å²) in [5.74, 6) is -1.53. The van der Waals surface area contributed by atoms with Gasteiger partial charge in [0.25, 0.3) is 5.91 Å². The molecular formula is C21H21ClF6N2O3. The third-order valence-electron chi connectivity index (χ3n) is 4.64. The normalized spacial score (nSPS) is 15.5. The number of fused-ring (bicyclic) bond motifs is 1. The molecule has 0 bridgehead atoms. The number of anilines is 1. The summed E-state index contributed by atoms with van der Waals surface area (Å²) in [6.45, 7) is -3.11. The minimum absolute atomic E-state index is 0. The van der Waals surface area contributed by atoms with Crippen molar-refractivity contribution in [3.05, 3.63) is 53.6 Å². The summed E-state index contributed by atoms with van der Waals surface area (Å²) in [6, 6.07) is 10.4. The van der Waals surface area contributed by atoms with Crippen molar-refractivity contribution in [1.29, 1.82) is 0 Å². The number of ether oxygens (including phenoxy) is 2. The van der Waals surface area contributed by atoms with E-state index in [0.29, 0.717) is 6.42 Å². The fraction of sp³-hybridized carbons (Fsp3) is 0.381. The standard InChI is InChI=1S/C21H20F6N2O3.ClH/c22-20(23,24)11-31-15-7-8-18(32-12-21(25,26)27)16(9-15)19(30)28-10-14-6-5-13-3-1-2-4-17(13)29-14;/h1-4,7-9,14,29H,5-6,10-12H2,(H,28,30);1H. The summed E-state index contributed by atoms with van der Waals surface area (Å²) in [7, 11) is 0. The Bertz CT molecular complexity index is 952. The molecule has 12 heteroatoms. The molecule has 1 aliphatic rings. The van der Waals surface area contributed by atoms with Crippen molar-refractivity contribution >= 4 is 24.0 Å². The Labute approximate surface area is 191 Å². The Morgan fingerprint density at radius 2 is 1.67 bits per heavy atom. The number of aryl methyl sites for hydroxylation is 1. The third-order valence-corrected chi connectivity index (χ3v) is 4.64. The van der Waals surface area contributed by atoms with E-state index in [9.17, 15) is 31.1 Å². The van der Waals surface area contributed by atoms with Gasteiger partial charge in [0.1, 0.15) is 11.5 Å². The summed E-state index contributed by atoms with van der Waals surface area (Å²) in [4.78, 5) is 12.7. The zero-order chi connectivity index (χ0) is 23.4. The van der Waals surface area contributed by atoms with Crippen molar-refractivity contribution in [2.75, 3.05) is 25.1 Å². The smallest absolute Gasteiger partial charge is 0.422 e. The summed E-state index contributed by atoms with van der Waals surface area (Å²) in [5.41, 5.74) is 1.70. The molecule has 3 rings (SSSR count). The average molecular weight is 499 g/mol. The van der Waals surface area contributed by atoms with Gasteiger partial charge in [-0.3, -0.25) is 4.79 Å². The second-order valence-electron chi connectivity index (χ2n) is 7.21. The number of para-hydroxylation sites is 1. The molecule has 5 nitrogen and oxygen atoms in total. The van der Waals surface area contributed by atoms with Gasteiger partial charge in [-0.2, -0.15) is 26.3 Å². The zero-order valence-corrected chi connectivity index (χ0v) is 17.9. The first kappa shape index (κ1) is 26.4. The summed E-state index contributed by atoms with van der Waals surface area (Å²) >= 11 is 0. The van der Waals surface area contributed by atoms with Crippen LogP contribution in [0.2, 0.25) is 0 Å². The highest BCUT2D eigenvalue weighted by atomic mass is 35.5. The monoisotopic (exact) mass is 498 g/mol. The van der Waals surface area contributed by atoms with Gasteiger partial charge in [-0.05, 0) is 42.7 Å². The van der Waals surface area contributed by atoms with Crippen LogP contribution >= 0.6 is 12.4 Å². The van der Waals surface area contributed by atoms with Crippen LogP contribution in [0.1, 0.15) is 22.3 Å². The molecule has 0 aromatic heterocycles. The van der Waals surface area contributed by atoms with E-state index in [1.807, 2.05) is 24.3 Å². The van der Waals surface area contributed by atoms with E-state index in [1.54, 1.807) is 0 Å². The largest absolute Gasteiger partial charge is 0.484 e. The minimum atomic E-state index is -4.65. The maximum atomic E-state index is 12.7. The highest BCUT2D eigenvalue weighted by molar-refractivity contribution is 5.97. The molecule has 2 aromatic carbocycles. The van der Waals surface area contributed by atoms with E-state index in [0.717, 1.165) is 35.9 Å². The number of hydrogen-bond acceptors (Lipinski definition) is 4. The molecule has 1 amide bonds. The molecule has 1 aliphatic heterocycles. The first-order chi connectivity index (χ1) is 15.0. The van der Waals surface area contributed by atoms with Crippen LogP contribution in [0.5, 0.6) is 11.5 Å². The van der Waals surface area contributed by atoms with Crippen LogP contribution in [0.4, 0.5) is 32.0 Å². The fourth-order valence-corrected chi connectivity index (χ4v) is 3.19. The number of carbonyl (C=O) groups is 1. The van der Waals surface area contributed by atoms with Gasteiger partial charge >= 0.3 is 12.4 Å². The van der Waals surface area contributed by atoms with Crippen molar-refractivity contribution in [2.24, 2.45) is 0 Å². The molecule has 0 fully saturated rings. The van der Waals surface area contributed by atoms with Gasteiger partial charge in [0, 0.05) is 18.3 Å². The van der Waals surface area contributed by atoms with Crippen molar-refractivity contribution in [2.45, 2.75) is 31.2 Å². The van der Waals surface area contributed by atoms with E-state index in [2.05, 4.69) is 20.1 Å². The van der Waals surface area contributed by atoms with Crippen LogP contribution < -0.4 is 20.1 Å². The van der Waals surface area contributed by atoms with E-state index in [4.69, 9.17) is 0 Å². The second kappa shape index (κ2) is 10.9. The third kappa shape index (κ3) is 8.23. The van der Waals surface area contributed by atoms with Crippen LogP contribution in [0, 0.1) is 0 Å². The SMILES string of the molecule is Cl.O=C(NCC1CCc2ccccc2N1)c1cc(OCC(F)(F)F)ccc1OCC(F)(F)F. The molecule has 1 unspecified atom stereocenters. The van der Waals surface area contributed by atoms with Crippen molar-refractivity contribution < 1.29 is 40.6 Å². The van der Waals surface area contributed by atoms with Gasteiger partial charge in [0.2, 0.25) is 0 Å². The van der Waals surface area contributed by atoms with Gasteiger partial charge in [-0.25, -0.2) is 0 Å². The Kier molecular flexibility index (Phi) is 8.70. The second-order valence-corrected chi connectivity index (χ2v) is 7.21. The molecule has 33 heavy (non-hydrogen) atoms. The van der Waals surface area contributed by atoms with E-state index < -0.39 is 37.2 Å². The van der Waals surface area contributed by atoms with Gasteiger partial charge in [0.05, 0.1) is 5.56 Å². The van der Waals surface area contributed by atoms with Crippen LogP contribution in [0.15, 0.2) is 42.5 Å². The van der Waals surface area contributed by atoms with E-state index in [1.165, 1.54) is 0 Å². The number of rotatable bonds is 7. The quantitative estimate of drug-likeness (QED) is 0.519. The Hall–Kier alpha value is -2.82. The van der Waals surface area contributed by atoms with Gasteiger partial charge in [0.15, 0.2) is 13.2 Å². The number of alkyl halides is 6. The summed E-state index contributed by atoms with van der Waals surface area (Å²) < 4.78 is 84.1. The van der Waals surface area contributed by atoms with Crippen LogP contribution in [0.25, 0.3) is 0 Å². The molecular weight excluding hydrogens is 478 g/mol. The lowest BCUT2D eigenvalue weighted by atomic mass is 9.98. The lowest BCUT2D eigenvalue weighted by Crippen LogP contribution is -2.38. The molecule has 182 valence electrons. The first-order valence-electron chi connectivity index (χ1n) is 9.66. The van der Waals surface area contributed by atoms with Crippen molar-refractivity contribution in [3.63, 3.8) is 0 Å². The minimum Gasteiger partial charge on any atom is -0.484 e. The summed E-state index contributed by atoms with van der Waals surface area (Å²) in [5, 5.41) is 5.86. The Balaban J connectivity index is 0.00000385. The van der Waals surface area contributed by atoms with Gasteiger partial charge in [-0.1, -0.05) is 18.2 Å². The Morgan fingerprint density at radius 3 is 2.36 bits per heavy atom.